The minimum Gasteiger partial charge on any atom is -0.478 e. The summed E-state index contributed by atoms with van der Waals surface area (Å²) in [5.41, 5.74) is 0.637. The summed E-state index contributed by atoms with van der Waals surface area (Å²) in [5.74, 6) is -7.86. The van der Waals surface area contributed by atoms with Gasteiger partial charge in [-0.15, -0.1) is 0 Å². The van der Waals surface area contributed by atoms with Gasteiger partial charge in [-0.2, -0.15) is 8.78 Å². The van der Waals surface area contributed by atoms with Crippen LogP contribution in [0.15, 0.2) is 24.3 Å². The van der Waals surface area contributed by atoms with E-state index in [1.807, 2.05) is 0 Å². The molecule has 1 aromatic carbocycles. The summed E-state index contributed by atoms with van der Waals surface area (Å²) in [6.45, 7) is -0.256. The zero-order valence-electron chi connectivity index (χ0n) is 10.1. The third-order valence-electron chi connectivity index (χ3n) is 2.48. The van der Waals surface area contributed by atoms with Crippen LogP contribution in [0.3, 0.4) is 0 Å². The topological polar surface area (TPSA) is 66.4 Å². The number of benzene rings is 1. The van der Waals surface area contributed by atoms with Gasteiger partial charge in [-0.05, 0) is 24.1 Å². The lowest BCUT2D eigenvalue weighted by Crippen LogP contribution is -2.45. The Hall–Kier alpha value is -2.12. The summed E-state index contributed by atoms with van der Waals surface area (Å²) in [7, 11) is 0. The van der Waals surface area contributed by atoms with E-state index in [2.05, 4.69) is 0 Å². The van der Waals surface area contributed by atoms with Gasteiger partial charge in [0.25, 0.3) is 5.91 Å². The number of amides is 1. The monoisotopic (exact) mass is 293 g/mol. The molecule has 1 aromatic rings. The van der Waals surface area contributed by atoms with Gasteiger partial charge in [0.1, 0.15) is 0 Å². The predicted molar refractivity (Wildman–Crippen MR) is 61.1 cm³/mol. The molecule has 0 aliphatic carbocycles. The maximum absolute atomic E-state index is 12.6. The number of hydrogen-bond acceptors (Lipinski definition) is 2. The molecular formula is C12H11F4NO3. The Kier molecular flexibility index (Phi) is 5.06. The van der Waals surface area contributed by atoms with Crippen LogP contribution >= 0.6 is 0 Å². The summed E-state index contributed by atoms with van der Waals surface area (Å²) in [6, 6.07) is 5.52. The van der Waals surface area contributed by atoms with Gasteiger partial charge in [-0.25, -0.2) is 13.6 Å². The number of rotatable bonds is 6. The van der Waals surface area contributed by atoms with Gasteiger partial charge in [0.05, 0.1) is 5.56 Å². The average molecular weight is 293 g/mol. The number of alkyl halides is 4. The van der Waals surface area contributed by atoms with E-state index in [1.165, 1.54) is 24.3 Å². The normalized spacial score (nSPS) is 11.4. The lowest BCUT2D eigenvalue weighted by Gasteiger charge is -2.14. The first-order chi connectivity index (χ1) is 9.25. The number of aromatic carboxylic acids is 1. The van der Waals surface area contributed by atoms with Crippen molar-refractivity contribution in [2.24, 2.45) is 0 Å². The third-order valence-corrected chi connectivity index (χ3v) is 2.48. The zero-order valence-corrected chi connectivity index (χ0v) is 10.1. The summed E-state index contributed by atoms with van der Waals surface area (Å²) in [5, 5.41) is 10.4. The molecule has 8 heteroatoms. The molecule has 0 atom stereocenters. The van der Waals surface area contributed by atoms with Crippen LogP contribution in [-0.2, 0) is 11.2 Å². The lowest BCUT2D eigenvalue weighted by molar-refractivity contribution is -0.169. The highest BCUT2D eigenvalue weighted by Gasteiger charge is 2.48. The Balaban J connectivity index is 2.49. The fraction of sp³-hybridized carbons (Fsp3) is 0.333. The van der Waals surface area contributed by atoms with Gasteiger partial charge in [0, 0.05) is 6.54 Å². The molecule has 0 bridgehead atoms. The molecule has 0 aliphatic rings. The molecule has 0 saturated carbocycles. The molecule has 0 radical (unpaired) electrons. The fourth-order valence-corrected chi connectivity index (χ4v) is 1.35. The molecule has 0 spiro atoms. The van der Waals surface area contributed by atoms with E-state index >= 15 is 0 Å². The minimum absolute atomic E-state index is 0.0574. The Labute approximate surface area is 111 Å². The zero-order chi connectivity index (χ0) is 15.3. The highest BCUT2D eigenvalue weighted by Crippen LogP contribution is 2.22. The number of nitrogens with one attached hydrogen (secondary N) is 1. The molecule has 2 N–H and O–H groups in total. The van der Waals surface area contributed by atoms with Gasteiger partial charge in [0.2, 0.25) is 0 Å². The number of hydrogen-bond donors (Lipinski definition) is 2. The van der Waals surface area contributed by atoms with Crippen LogP contribution in [0.2, 0.25) is 0 Å². The Bertz CT molecular complexity index is 488. The maximum Gasteiger partial charge on any atom is 0.383 e. The van der Waals surface area contributed by atoms with Crippen molar-refractivity contribution in [1.82, 2.24) is 5.32 Å². The van der Waals surface area contributed by atoms with Crippen molar-refractivity contribution in [3.63, 3.8) is 0 Å². The maximum atomic E-state index is 12.6. The van der Waals surface area contributed by atoms with Crippen LogP contribution in [0.1, 0.15) is 15.9 Å². The Morgan fingerprint density at radius 2 is 1.75 bits per heavy atom. The average Bonchev–Trinajstić information content (AvgIpc) is 2.38. The Morgan fingerprint density at radius 1 is 1.20 bits per heavy atom. The van der Waals surface area contributed by atoms with Crippen molar-refractivity contribution in [1.29, 1.82) is 0 Å². The molecule has 1 rings (SSSR count). The highest BCUT2D eigenvalue weighted by atomic mass is 19.3. The second-order valence-corrected chi connectivity index (χ2v) is 3.93. The minimum atomic E-state index is -4.72. The van der Waals surface area contributed by atoms with Crippen LogP contribution in [0.25, 0.3) is 0 Å². The summed E-state index contributed by atoms with van der Waals surface area (Å²) in [6.07, 6.45) is -3.94. The molecule has 20 heavy (non-hydrogen) atoms. The van der Waals surface area contributed by atoms with Gasteiger partial charge in [-0.1, -0.05) is 12.1 Å². The smallest absolute Gasteiger partial charge is 0.383 e. The van der Waals surface area contributed by atoms with E-state index in [4.69, 9.17) is 5.11 Å². The first-order valence-electron chi connectivity index (χ1n) is 5.51. The molecule has 0 fully saturated rings. The molecule has 1 amide bonds. The molecular weight excluding hydrogens is 282 g/mol. The number of carbonyl (C=O) groups is 2. The molecule has 0 unspecified atom stereocenters. The largest absolute Gasteiger partial charge is 0.478 e. The fourth-order valence-electron chi connectivity index (χ4n) is 1.35. The van der Waals surface area contributed by atoms with E-state index in [9.17, 15) is 27.2 Å². The SMILES string of the molecule is O=C(O)c1ccc(CCNC(=O)C(F)(F)C(F)F)cc1. The second kappa shape index (κ2) is 6.36. The molecule has 0 heterocycles. The van der Waals surface area contributed by atoms with Gasteiger partial charge >= 0.3 is 18.3 Å². The third kappa shape index (κ3) is 3.94. The van der Waals surface area contributed by atoms with Crippen molar-refractivity contribution in [2.75, 3.05) is 6.54 Å². The van der Waals surface area contributed by atoms with E-state index in [0.717, 1.165) is 0 Å². The van der Waals surface area contributed by atoms with Crippen molar-refractivity contribution in [3.05, 3.63) is 35.4 Å². The molecule has 110 valence electrons. The van der Waals surface area contributed by atoms with Gasteiger partial charge in [0.15, 0.2) is 0 Å². The number of carboxylic acid groups (broad SMARTS) is 1. The molecule has 0 aliphatic heterocycles. The number of halogens is 4. The van der Waals surface area contributed by atoms with Crippen molar-refractivity contribution in [3.8, 4) is 0 Å². The first-order valence-corrected chi connectivity index (χ1v) is 5.51. The number of carbonyl (C=O) groups excluding carboxylic acids is 1. The van der Waals surface area contributed by atoms with Crippen LogP contribution in [0.4, 0.5) is 17.6 Å². The van der Waals surface area contributed by atoms with Crippen LogP contribution in [0, 0.1) is 0 Å². The van der Waals surface area contributed by atoms with E-state index < -0.39 is 24.2 Å². The molecule has 0 saturated heterocycles. The van der Waals surface area contributed by atoms with E-state index in [1.54, 1.807) is 5.32 Å². The highest BCUT2D eigenvalue weighted by molar-refractivity contribution is 5.87. The summed E-state index contributed by atoms with van der Waals surface area (Å²) in [4.78, 5) is 21.4. The standard InChI is InChI=1S/C12H11F4NO3/c13-10(14)12(15,16)11(20)17-6-5-7-1-3-8(4-2-7)9(18)19/h1-4,10H,5-6H2,(H,17,20)(H,18,19). The van der Waals surface area contributed by atoms with Crippen LogP contribution in [0.5, 0.6) is 0 Å². The summed E-state index contributed by atoms with van der Waals surface area (Å²) >= 11 is 0. The lowest BCUT2D eigenvalue weighted by atomic mass is 10.1. The van der Waals surface area contributed by atoms with E-state index in [0.29, 0.717) is 5.56 Å². The van der Waals surface area contributed by atoms with Crippen LogP contribution < -0.4 is 5.32 Å². The van der Waals surface area contributed by atoms with Crippen LogP contribution in [-0.4, -0.2) is 35.9 Å². The van der Waals surface area contributed by atoms with Gasteiger partial charge in [-0.3, -0.25) is 4.79 Å². The predicted octanol–water partition coefficient (Wildman–Crippen LogP) is 1.94. The molecule has 0 aromatic heterocycles. The quantitative estimate of drug-likeness (QED) is 0.788. The Morgan fingerprint density at radius 3 is 2.20 bits per heavy atom. The number of carboxylic acids is 1. The van der Waals surface area contributed by atoms with Crippen molar-refractivity contribution < 1.29 is 32.3 Å². The van der Waals surface area contributed by atoms with Gasteiger partial charge < -0.3 is 10.4 Å². The first kappa shape index (κ1) is 15.9. The van der Waals surface area contributed by atoms with E-state index in [-0.39, 0.29) is 18.5 Å². The van der Waals surface area contributed by atoms with Crippen molar-refractivity contribution >= 4 is 11.9 Å². The second-order valence-electron chi connectivity index (χ2n) is 3.93. The molecule has 4 nitrogen and oxygen atoms in total. The van der Waals surface area contributed by atoms with Crippen molar-refractivity contribution in [2.45, 2.75) is 18.8 Å². The summed E-state index contributed by atoms with van der Waals surface area (Å²) < 4.78 is 48.9.